The molecule has 3 rings (SSSR count). The molecule has 0 radical (unpaired) electrons. The maximum atomic E-state index is 4.53. The van der Waals surface area contributed by atoms with Crippen LogP contribution >= 0.6 is 15.9 Å². The molecule has 0 bridgehead atoms. The molecule has 1 aromatic heterocycles. The van der Waals surface area contributed by atoms with Crippen molar-refractivity contribution in [2.45, 2.75) is 25.9 Å². The summed E-state index contributed by atoms with van der Waals surface area (Å²) in [4.78, 5) is 10.4. The first-order valence-electron chi connectivity index (χ1n) is 7.29. The van der Waals surface area contributed by atoms with E-state index in [2.05, 4.69) is 74.2 Å². The van der Waals surface area contributed by atoms with Crippen LogP contribution in [0.5, 0.6) is 0 Å². The molecule has 21 heavy (non-hydrogen) atoms. The summed E-state index contributed by atoms with van der Waals surface area (Å²) in [7, 11) is 0. The number of nitrogens with zero attached hydrogens (tertiary/aromatic N) is 2. The number of hydrogen-bond donors (Lipinski definition) is 2. The molecule has 1 fully saturated rings. The largest absolute Gasteiger partial charge is 0.341 e. The third-order valence-corrected chi connectivity index (χ3v) is 4.34. The van der Waals surface area contributed by atoms with Crippen molar-refractivity contribution in [1.29, 1.82) is 0 Å². The van der Waals surface area contributed by atoms with Gasteiger partial charge in [0.1, 0.15) is 5.82 Å². The van der Waals surface area contributed by atoms with E-state index in [1.807, 2.05) is 6.20 Å². The van der Waals surface area contributed by atoms with E-state index in [-0.39, 0.29) is 5.54 Å². The molecular formula is C16H21BrN4. The Morgan fingerprint density at radius 2 is 2.05 bits per heavy atom. The fraction of sp³-hybridized carbons (Fsp3) is 0.438. The van der Waals surface area contributed by atoms with E-state index in [0.29, 0.717) is 0 Å². The molecule has 0 atom stereocenters. The third kappa shape index (κ3) is 3.73. The van der Waals surface area contributed by atoms with Crippen molar-refractivity contribution >= 4 is 15.9 Å². The molecule has 0 aliphatic carbocycles. The summed E-state index contributed by atoms with van der Waals surface area (Å²) in [5.41, 5.74) is 2.42. The Bertz CT molecular complexity index is 603. The van der Waals surface area contributed by atoms with Gasteiger partial charge in [0.15, 0.2) is 0 Å². The number of benzene rings is 1. The van der Waals surface area contributed by atoms with E-state index in [0.717, 1.165) is 47.7 Å². The maximum absolute atomic E-state index is 4.53. The lowest BCUT2D eigenvalue weighted by molar-refractivity contribution is 0.145. The molecule has 5 heteroatoms. The maximum Gasteiger partial charge on any atom is 0.120 e. The number of rotatable bonds is 3. The van der Waals surface area contributed by atoms with Gasteiger partial charge < -0.3 is 10.3 Å². The Hall–Kier alpha value is -1.17. The Morgan fingerprint density at radius 1 is 1.29 bits per heavy atom. The van der Waals surface area contributed by atoms with Crippen LogP contribution in [0.25, 0.3) is 11.3 Å². The van der Waals surface area contributed by atoms with Crippen molar-refractivity contribution in [3.63, 3.8) is 0 Å². The summed E-state index contributed by atoms with van der Waals surface area (Å²) < 4.78 is 1.09. The second kappa shape index (κ2) is 5.91. The zero-order valence-corrected chi connectivity index (χ0v) is 14.1. The first-order valence-corrected chi connectivity index (χ1v) is 8.08. The van der Waals surface area contributed by atoms with Crippen LogP contribution in [0.2, 0.25) is 0 Å². The van der Waals surface area contributed by atoms with Crippen LogP contribution in [0.4, 0.5) is 0 Å². The van der Waals surface area contributed by atoms with Crippen LogP contribution in [0.1, 0.15) is 19.7 Å². The first kappa shape index (κ1) is 14.8. The normalized spacial score (nSPS) is 18.8. The van der Waals surface area contributed by atoms with Crippen molar-refractivity contribution in [1.82, 2.24) is 20.2 Å². The number of imidazole rings is 1. The summed E-state index contributed by atoms with van der Waals surface area (Å²) in [6, 6.07) is 8.29. The van der Waals surface area contributed by atoms with Gasteiger partial charge in [-0.15, -0.1) is 0 Å². The monoisotopic (exact) mass is 348 g/mol. The van der Waals surface area contributed by atoms with Crippen LogP contribution in [0.3, 0.4) is 0 Å². The van der Waals surface area contributed by atoms with E-state index in [9.17, 15) is 0 Å². The van der Waals surface area contributed by atoms with Crippen molar-refractivity contribution in [3.05, 3.63) is 40.8 Å². The fourth-order valence-electron chi connectivity index (χ4n) is 2.81. The Morgan fingerprint density at radius 3 is 2.76 bits per heavy atom. The molecule has 4 nitrogen and oxygen atoms in total. The quantitative estimate of drug-likeness (QED) is 0.895. The molecule has 112 valence electrons. The molecule has 2 heterocycles. The minimum atomic E-state index is 0.180. The average molecular weight is 349 g/mol. The molecule has 2 aromatic rings. The second-order valence-corrected chi connectivity index (χ2v) is 7.19. The predicted octanol–water partition coefficient (Wildman–Crippen LogP) is 3.02. The molecular weight excluding hydrogens is 328 g/mol. The summed E-state index contributed by atoms with van der Waals surface area (Å²) in [5.74, 6) is 1.03. The SMILES string of the molecule is CC1(C)CN(Cc2ncc(-c3ccc(Br)cc3)[nH]2)CCN1. The predicted molar refractivity (Wildman–Crippen MR) is 89.1 cm³/mol. The van der Waals surface area contributed by atoms with Gasteiger partial charge in [0.25, 0.3) is 0 Å². The van der Waals surface area contributed by atoms with Gasteiger partial charge in [0.05, 0.1) is 18.4 Å². The minimum absolute atomic E-state index is 0.180. The number of halogens is 1. The van der Waals surface area contributed by atoms with E-state index in [1.54, 1.807) is 0 Å². The van der Waals surface area contributed by atoms with Crippen LogP contribution < -0.4 is 5.32 Å². The van der Waals surface area contributed by atoms with Crippen molar-refractivity contribution in [2.75, 3.05) is 19.6 Å². The van der Waals surface area contributed by atoms with E-state index in [4.69, 9.17) is 0 Å². The van der Waals surface area contributed by atoms with Crippen molar-refractivity contribution in [2.24, 2.45) is 0 Å². The zero-order valence-electron chi connectivity index (χ0n) is 12.5. The van der Waals surface area contributed by atoms with Crippen LogP contribution in [-0.2, 0) is 6.54 Å². The lowest BCUT2D eigenvalue weighted by atomic mass is 10.0. The fourth-order valence-corrected chi connectivity index (χ4v) is 3.08. The molecule has 1 saturated heterocycles. The molecule has 2 N–H and O–H groups in total. The van der Waals surface area contributed by atoms with Gasteiger partial charge in [-0.05, 0) is 31.5 Å². The highest BCUT2D eigenvalue weighted by Gasteiger charge is 2.25. The van der Waals surface area contributed by atoms with Crippen LogP contribution in [0, 0.1) is 0 Å². The number of hydrogen-bond acceptors (Lipinski definition) is 3. The van der Waals surface area contributed by atoms with E-state index in [1.165, 1.54) is 0 Å². The number of aromatic nitrogens is 2. The zero-order chi connectivity index (χ0) is 14.9. The summed E-state index contributed by atoms with van der Waals surface area (Å²) in [5, 5.41) is 3.53. The number of piperazine rings is 1. The van der Waals surface area contributed by atoms with Gasteiger partial charge in [-0.3, -0.25) is 4.90 Å². The molecule has 1 aliphatic heterocycles. The molecule has 1 aliphatic rings. The van der Waals surface area contributed by atoms with Crippen molar-refractivity contribution < 1.29 is 0 Å². The smallest absolute Gasteiger partial charge is 0.120 e. The lowest BCUT2D eigenvalue weighted by Gasteiger charge is -2.38. The molecule has 1 aromatic carbocycles. The molecule has 0 saturated carbocycles. The second-order valence-electron chi connectivity index (χ2n) is 6.27. The van der Waals surface area contributed by atoms with Gasteiger partial charge >= 0.3 is 0 Å². The standard InChI is InChI=1S/C16H21BrN4/c1-16(2)11-21(8-7-19-16)10-15-18-9-14(20-15)12-3-5-13(17)6-4-12/h3-6,9,19H,7-8,10-11H2,1-2H3,(H,18,20). The Balaban J connectivity index is 1.69. The lowest BCUT2D eigenvalue weighted by Crippen LogP contribution is -2.56. The highest BCUT2D eigenvalue weighted by atomic mass is 79.9. The number of H-pyrrole nitrogens is 1. The van der Waals surface area contributed by atoms with E-state index >= 15 is 0 Å². The molecule has 0 spiro atoms. The summed E-state index contributed by atoms with van der Waals surface area (Å²) in [6.07, 6.45) is 1.92. The first-order chi connectivity index (χ1) is 10.0. The molecule has 0 unspecified atom stereocenters. The van der Waals surface area contributed by atoms with Crippen molar-refractivity contribution in [3.8, 4) is 11.3 Å². The van der Waals surface area contributed by atoms with Gasteiger partial charge in [-0.25, -0.2) is 4.98 Å². The summed E-state index contributed by atoms with van der Waals surface area (Å²) >= 11 is 3.46. The Kier molecular flexibility index (Phi) is 4.15. The number of aromatic amines is 1. The minimum Gasteiger partial charge on any atom is -0.341 e. The highest BCUT2D eigenvalue weighted by Crippen LogP contribution is 2.20. The topological polar surface area (TPSA) is 44.0 Å². The average Bonchev–Trinajstić information content (AvgIpc) is 2.87. The van der Waals surface area contributed by atoms with Crippen LogP contribution in [0.15, 0.2) is 34.9 Å². The highest BCUT2D eigenvalue weighted by molar-refractivity contribution is 9.10. The van der Waals surface area contributed by atoms with Gasteiger partial charge in [0, 0.05) is 29.6 Å². The molecule has 0 amide bonds. The van der Waals surface area contributed by atoms with Gasteiger partial charge in [0.2, 0.25) is 0 Å². The third-order valence-electron chi connectivity index (χ3n) is 3.81. The van der Waals surface area contributed by atoms with Crippen LogP contribution in [-0.4, -0.2) is 40.0 Å². The summed E-state index contributed by atoms with van der Waals surface area (Å²) in [6.45, 7) is 8.51. The van der Waals surface area contributed by atoms with Gasteiger partial charge in [-0.1, -0.05) is 28.1 Å². The Labute approximate surface area is 134 Å². The van der Waals surface area contributed by atoms with Gasteiger partial charge in [-0.2, -0.15) is 0 Å². The number of nitrogens with one attached hydrogen (secondary N) is 2. The van der Waals surface area contributed by atoms with E-state index < -0.39 is 0 Å².